The van der Waals surface area contributed by atoms with Crippen LogP contribution in [0, 0.1) is 17.1 Å². The standard InChI is InChI=1S/C20H27BFN3O4/c1-18(2,3)27-17(26)25-12-14(21-28-19(4,5)20(6,7)29-21)8-13-9-15(22)16(10-23)24-11-13/h8-9,11H,12H2,1-7H3,(H,25,26). The Kier molecular flexibility index (Phi) is 6.40. The minimum Gasteiger partial charge on any atom is -0.444 e. The summed E-state index contributed by atoms with van der Waals surface area (Å²) in [5.74, 6) is -0.727. The number of nitriles is 1. The van der Waals surface area contributed by atoms with E-state index in [1.807, 2.05) is 27.7 Å². The van der Waals surface area contributed by atoms with E-state index < -0.39 is 35.8 Å². The van der Waals surface area contributed by atoms with Crippen molar-refractivity contribution < 1.29 is 23.2 Å². The number of nitrogens with one attached hydrogen (secondary N) is 1. The van der Waals surface area contributed by atoms with Crippen molar-refractivity contribution in [1.29, 1.82) is 5.26 Å². The molecule has 2 rings (SSSR count). The van der Waals surface area contributed by atoms with Crippen LogP contribution in [0.1, 0.15) is 59.7 Å². The SMILES string of the molecule is CC(C)(C)OC(=O)NCC(=Cc1cnc(C#N)c(F)c1)B1OC(C)(C)C(C)(C)O1. The van der Waals surface area contributed by atoms with Gasteiger partial charge in [0.05, 0.1) is 11.2 Å². The molecule has 1 aromatic heterocycles. The lowest BCUT2D eigenvalue weighted by Gasteiger charge is -2.32. The molecule has 0 radical (unpaired) electrons. The topological polar surface area (TPSA) is 93.5 Å². The number of hydrogen-bond donors (Lipinski definition) is 1. The molecular weight excluding hydrogens is 376 g/mol. The fourth-order valence-corrected chi connectivity index (χ4v) is 2.51. The summed E-state index contributed by atoms with van der Waals surface area (Å²) < 4.78 is 31.3. The molecule has 156 valence electrons. The molecule has 9 heteroatoms. The van der Waals surface area contributed by atoms with Gasteiger partial charge in [0.15, 0.2) is 11.5 Å². The van der Waals surface area contributed by atoms with Gasteiger partial charge in [-0.25, -0.2) is 14.2 Å². The summed E-state index contributed by atoms with van der Waals surface area (Å²) >= 11 is 0. The van der Waals surface area contributed by atoms with Gasteiger partial charge < -0.3 is 19.4 Å². The molecule has 0 atom stereocenters. The van der Waals surface area contributed by atoms with Gasteiger partial charge in [-0.1, -0.05) is 6.08 Å². The summed E-state index contributed by atoms with van der Waals surface area (Å²) in [4.78, 5) is 15.9. The van der Waals surface area contributed by atoms with Crippen LogP contribution in [0.2, 0.25) is 0 Å². The van der Waals surface area contributed by atoms with Gasteiger partial charge in [0.1, 0.15) is 11.7 Å². The molecule has 2 heterocycles. The molecule has 1 aromatic rings. The fraction of sp³-hybridized carbons (Fsp3) is 0.550. The second-order valence-corrected chi connectivity index (χ2v) is 8.87. The van der Waals surface area contributed by atoms with E-state index in [9.17, 15) is 9.18 Å². The molecule has 1 N–H and O–H groups in total. The lowest BCUT2D eigenvalue weighted by molar-refractivity contribution is 0.00578. The van der Waals surface area contributed by atoms with Gasteiger partial charge in [0.25, 0.3) is 0 Å². The van der Waals surface area contributed by atoms with E-state index in [4.69, 9.17) is 19.3 Å². The molecule has 1 amide bonds. The van der Waals surface area contributed by atoms with Gasteiger partial charge in [0, 0.05) is 12.7 Å². The van der Waals surface area contributed by atoms with Crippen molar-refractivity contribution in [2.24, 2.45) is 0 Å². The van der Waals surface area contributed by atoms with Crippen molar-refractivity contribution in [2.75, 3.05) is 6.54 Å². The van der Waals surface area contributed by atoms with E-state index >= 15 is 0 Å². The summed E-state index contributed by atoms with van der Waals surface area (Å²) in [6.07, 6.45) is 2.40. The van der Waals surface area contributed by atoms with Crippen LogP contribution in [0.5, 0.6) is 0 Å². The molecule has 0 unspecified atom stereocenters. The third kappa shape index (κ3) is 5.78. The first-order chi connectivity index (χ1) is 13.2. The molecule has 0 aliphatic carbocycles. The molecular formula is C20H27BFN3O4. The van der Waals surface area contributed by atoms with Gasteiger partial charge >= 0.3 is 13.2 Å². The van der Waals surface area contributed by atoms with Gasteiger partial charge in [0.2, 0.25) is 0 Å². The number of carbonyl (C=O) groups excluding carboxylic acids is 1. The first kappa shape index (κ1) is 22.8. The zero-order chi connectivity index (χ0) is 22.0. The molecule has 1 saturated heterocycles. The number of nitrogens with zero attached hydrogens (tertiary/aromatic N) is 2. The Morgan fingerprint density at radius 3 is 2.41 bits per heavy atom. The monoisotopic (exact) mass is 403 g/mol. The molecule has 1 fully saturated rings. The minimum atomic E-state index is -0.756. The van der Waals surface area contributed by atoms with Crippen molar-refractivity contribution in [2.45, 2.75) is 65.3 Å². The highest BCUT2D eigenvalue weighted by Crippen LogP contribution is 2.38. The smallest absolute Gasteiger partial charge is 0.444 e. The number of alkyl carbamates (subject to hydrolysis) is 1. The van der Waals surface area contributed by atoms with Crippen LogP contribution in [-0.2, 0) is 14.0 Å². The van der Waals surface area contributed by atoms with Crippen LogP contribution in [0.15, 0.2) is 17.7 Å². The van der Waals surface area contributed by atoms with Crippen LogP contribution in [-0.4, -0.2) is 41.5 Å². The van der Waals surface area contributed by atoms with Gasteiger partial charge in [-0.2, -0.15) is 5.26 Å². The maximum atomic E-state index is 14.0. The Morgan fingerprint density at radius 2 is 1.93 bits per heavy atom. The van der Waals surface area contributed by atoms with Crippen molar-refractivity contribution >= 4 is 19.3 Å². The largest absolute Gasteiger partial charge is 0.492 e. The van der Waals surface area contributed by atoms with Crippen molar-refractivity contribution in [3.05, 3.63) is 34.8 Å². The van der Waals surface area contributed by atoms with E-state index in [0.29, 0.717) is 11.0 Å². The molecule has 0 bridgehead atoms. The highest BCUT2D eigenvalue weighted by Gasteiger charge is 2.52. The highest BCUT2D eigenvalue weighted by atomic mass is 19.1. The summed E-state index contributed by atoms with van der Waals surface area (Å²) in [5.41, 5.74) is -1.13. The van der Waals surface area contributed by atoms with E-state index in [0.717, 1.165) is 0 Å². The number of aromatic nitrogens is 1. The van der Waals surface area contributed by atoms with Crippen molar-refractivity contribution in [3.63, 3.8) is 0 Å². The Bertz CT molecular complexity index is 840. The number of ether oxygens (including phenoxy) is 1. The number of halogens is 1. The predicted octanol–water partition coefficient (Wildman–Crippen LogP) is 3.63. The normalized spacial score (nSPS) is 18.3. The van der Waals surface area contributed by atoms with Crippen LogP contribution in [0.25, 0.3) is 6.08 Å². The average Bonchev–Trinajstić information content (AvgIpc) is 2.77. The molecule has 7 nitrogen and oxygen atoms in total. The second-order valence-electron chi connectivity index (χ2n) is 8.87. The van der Waals surface area contributed by atoms with E-state index in [1.165, 1.54) is 12.3 Å². The molecule has 0 aromatic carbocycles. The van der Waals surface area contributed by atoms with Gasteiger partial charge in [-0.3, -0.25) is 0 Å². The average molecular weight is 403 g/mol. The lowest BCUT2D eigenvalue weighted by atomic mass is 9.77. The van der Waals surface area contributed by atoms with Crippen molar-refractivity contribution in [3.8, 4) is 6.07 Å². The number of carbonyl (C=O) groups is 1. The summed E-state index contributed by atoms with van der Waals surface area (Å²) in [7, 11) is -0.756. The number of pyridine rings is 1. The Hall–Kier alpha value is -2.44. The number of rotatable bonds is 4. The third-order valence-electron chi connectivity index (χ3n) is 4.71. The zero-order valence-electron chi connectivity index (χ0n) is 17.9. The van der Waals surface area contributed by atoms with Crippen LogP contribution in [0.4, 0.5) is 9.18 Å². The maximum absolute atomic E-state index is 14.0. The number of hydrogen-bond acceptors (Lipinski definition) is 6. The van der Waals surface area contributed by atoms with E-state index in [2.05, 4.69) is 10.3 Å². The molecule has 0 saturated carbocycles. The highest BCUT2D eigenvalue weighted by molar-refractivity contribution is 6.56. The van der Waals surface area contributed by atoms with E-state index in [1.54, 1.807) is 32.9 Å². The van der Waals surface area contributed by atoms with Gasteiger partial charge in [-0.15, -0.1) is 0 Å². The quantitative estimate of drug-likeness (QED) is 0.772. The molecule has 1 aliphatic heterocycles. The first-order valence-electron chi connectivity index (χ1n) is 9.33. The zero-order valence-corrected chi connectivity index (χ0v) is 17.9. The summed E-state index contributed by atoms with van der Waals surface area (Å²) in [5, 5.41) is 11.5. The minimum absolute atomic E-state index is 0.0629. The number of amides is 1. The Morgan fingerprint density at radius 1 is 1.34 bits per heavy atom. The molecule has 0 spiro atoms. The Balaban J connectivity index is 2.30. The predicted molar refractivity (Wildman–Crippen MR) is 107 cm³/mol. The first-order valence-corrected chi connectivity index (χ1v) is 9.33. The third-order valence-corrected chi connectivity index (χ3v) is 4.71. The van der Waals surface area contributed by atoms with Crippen LogP contribution >= 0.6 is 0 Å². The Labute approximate surface area is 171 Å². The van der Waals surface area contributed by atoms with Crippen LogP contribution in [0.3, 0.4) is 0 Å². The summed E-state index contributed by atoms with van der Waals surface area (Å²) in [6.45, 7) is 13.0. The second kappa shape index (κ2) is 8.13. The fourth-order valence-electron chi connectivity index (χ4n) is 2.51. The van der Waals surface area contributed by atoms with Crippen LogP contribution < -0.4 is 5.32 Å². The molecule has 29 heavy (non-hydrogen) atoms. The van der Waals surface area contributed by atoms with Gasteiger partial charge in [-0.05, 0) is 65.6 Å². The lowest BCUT2D eigenvalue weighted by Crippen LogP contribution is -2.41. The molecule has 1 aliphatic rings. The van der Waals surface area contributed by atoms with E-state index in [-0.39, 0.29) is 12.2 Å². The van der Waals surface area contributed by atoms with Crippen molar-refractivity contribution in [1.82, 2.24) is 10.3 Å². The maximum Gasteiger partial charge on any atom is 0.492 e. The summed E-state index contributed by atoms with van der Waals surface area (Å²) in [6, 6.07) is 2.88.